The van der Waals surface area contributed by atoms with Crippen LogP contribution >= 0.6 is 23.4 Å². The van der Waals surface area contributed by atoms with Crippen LogP contribution in [0.5, 0.6) is 5.75 Å². The Labute approximate surface area is 242 Å². The summed E-state index contributed by atoms with van der Waals surface area (Å²) in [5.74, 6) is 1.23. The van der Waals surface area contributed by atoms with Gasteiger partial charge in [0.25, 0.3) is 5.91 Å². The fourth-order valence-corrected chi connectivity index (χ4v) is 5.51. The number of amides is 2. The molecule has 2 heterocycles. The molecular weight excluding hydrogens is 546 g/mol. The van der Waals surface area contributed by atoms with Crippen molar-refractivity contribution in [1.82, 2.24) is 20.1 Å². The normalized spacial score (nSPS) is 12.3. The summed E-state index contributed by atoms with van der Waals surface area (Å²) in [5.41, 5.74) is 3.41. The number of carbonyl (C=O) groups is 2. The van der Waals surface area contributed by atoms with Crippen molar-refractivity contribution < 1.29 is 14.3 Å². The zero-order chi connectivity index (χ0) is 27.9. The fraction of sp³-hybridized carbons (Fsp3) is 0.267. The summed E-state index contributed by atoms with van der Waals surface area (Å²) < 4.78 is 7.51. The lowest BCUT2D eigenvalue weighted by Crippen LogP contribution is -2.30. The van der Waals surface area contributed by atoms with E-state index in [1.54, 1.807) is 36.4 Å². The van der Waals surface area contributed by atoms with Gasteiger partial charge in [0, 0.05) is 22.8 Å². The van der Waals surface area contributed by atoms with E-state index in [4.69, 9.17) is 16.3 Å². The van der Waals surface area contributed by atoms with Crippen LogP contribution in [-0.2, 0) is 17.8 Å². The van der Waals surface area contributed by atoms with Crippen LogP contribution in [0.15, 0.2) is 78.0 Å². The maximum atomic E-state index is 13.1. The third kappa shape index (κ3) is 6.48. The zero-order valence-electron chi connectivity index (χ0n) is 22.2. The molecule has 2 amide bonds. The molecule has 4 aromatic rings. The average molecular weight is 576 g/mol. The highest BCUT2D eigenvalue weighted by Gasteiger charge is 2.25. The predicted octanol–water partition coefficient (Wildman–Crippen LogP) is 5.71. The van der Waals surface area contributed by atoms with E-state index in [0.717, 1.165) is 36.4 Å². The van der Waals surface area contributed by atoms with Gasteiger partial charge in [0.05, 0.1) is 24.6 Å². The number of hydrogen-bond donors (Lipinski definition) is 1. The first-order chi connectivity index (χ1) is 19.5. The lowest BCUT2D eigenvalue weighted by atomic mass is 10.2. The molecule has 3 aromatic carbocycles. The number of rotatable bonds is 11. The molecule has 10 heteroatoms. The largest absolute Gasteiger partial charge is 0.494 e. The number of halogens is 1. The number of thioether (sulfide) groups is 1. The van der Waals surface area contributed by atoms with Gasteiger partial charge in [0.15, 0.2) is 11.0 Å². The second-order valence-corrected chi connectivity index (χ2v) is 10.7. The second-order valence-electron chi connectivity index (χ2n) is 9.34. The first kappa shape index (κ1) is 27.7. The number of benzene rings is 3. The first-order valence-electron chi connectivity index (χ1n) is 13.3. The molecule has 5 rings (SSSR count). The monoisotopic (exact) mass is 575 g/mol. The van der Waals surface area contributed by atoms with E-state index in [1.165, 1.54) is 17.3 Å². The Balaban J connectivity index is 1.28. The minimum Gasteiger partial charge on any atom is -0.494 e. The van der Waals surface area contributed by atoms with Gasteiger partial charge in [-0.3, -0.25) is 14.2 Å². The number of para-hydroxylation sites is 1. The summed E-state index contributed by atoms with van der Waals surface area (Å²) >= 11 is 7.59. The molecule has 40 heavy (non-hydrogen) atoms. The van der Waals surface area contributed by atoms with Crippen LogP contribution in [0.4, 0.5) is 5.69 Å². The van der Waals surface area contributed by atoms with Crippen LogP contribution in [0.2, 0.25) is 5.02 Å². The molecule has 8 nitrogen and oxygen atoms in total. The van der Waals surface area contributed by atoms with E-state index in [2.05, 4.69) is 28.5 Å². The molecule has 0 atom stereocenters. The Morgan fingerprint density at radius 1 is 1.05 bits per heavy atom. The minimum absolute atomic E-state index is 0.00701. The molecule has 0 aliphatic carbocycles. The summed E-state index contributed by atoms with van der Waals surface area (Å²) in [6.45, 7) is 3.57. The molecule has 206 valence electrons. The van der Waals surface area contributed by atoms with Crippen molar-refractivity contribution in [3.63, 3.8) is 0 Å². The number of anilines is 1. The smallest absolute Gasteiger partial charge is 0.251 e. The summed E-state index contributed by atoms with van der Waals surface area (Å²) in [5, 5.41) is 12.7. The van der Waals surface area contributed by atoms with Gasteiger partial charge in [-0.15, -0.1) is 10.2 Å². The van der Waals surface area contributed by atoms with Crippen LogP contribution in [-0.4, -0.2) is 45.5 Å². The van der Waals surface area contributed by atoms with Gasteiger partial charge in [0.1, 0.15) is 5.75 Å². The number of fused-ring (bicyclic) bond motifs is 1. The van der Waals surface area contributed by atoms with E-state index in [0.29, 0.717) is 34.7 Å². The molecule has 0 fully saturated rings. The van der Waals surface area contributed by atoms with Crippen molar-refractivity contribution >= 4 is 40.9 Å². The molecular formula is C30H30ClN5O3S. The Morgan fingerprint density at radius 3 is 2.67 bits per heavy atom. The minimum atomic E-state index is -0.238. The van der Waals surface area contributed by atoms with Crippen LogP contribution in [0, 0.1) is 0 Å². The lowest BCUT2D eigenvalue weighted by Gasteiger charge is -2.17. The van der Waals surface area contributed by atoms with Gasteiger partial charge in [-0.05, 0) is 66.9 Å². The van der Waals surface area contributed by atoms with Crippen LogP contribution < -0.4 is 15.0 Å². The molecule has 0 unspecified atom stereocenters. The van der Waals surface area contributed by atoms with Gasteiger partial charge in [0.2, 0.25) is 5.91 Å². The Morgan fingerprint density at radius 2 is 1.88 bits per heavy atom. The Kier molecular flexibility index (Phi) is 9.03. The highest BCUT2D eigenvalue weighted by molar-refractivity contribution is 7.99. The van der Waals surface area contributed by atoms with Crippen LogP contribution in [0.3, 0.4) is 0 Å². The SMILES string of the molecule is CCCCOc1ccc(C(=O)NCc2nnc(SCC(=O)N3CCc4ccccc43)n2-c2cccc(Cl)c2)cc1. The summed E-state index contributed by atoms with van der Waals surface area (Å²) in [4.78, 5) is 27.8. The average Bonchev–Trinajstić information content (AvgIpc) is 3.59. The fourth-order valence-electron chi connectivity index (χ4n) is 4.48. The molecule has 1 N–H and O–H groups in total. The van der Waals surface area contributed by atoms with Gasteiger partial charge in [-0.1, -0.05) is 61.0 Å². The number of hydrogen-bond acceptors (Lipinski definition) is 6. The van der Waals surface area contributed by atoms with E-state index in [1.807, 2.05) is 39.8 Å². The predicted molar refractivity (Wildman–Crippen MR) is 158 cm³/mol. The van der Waals surface area contributed by atoms with Crippen molar-refractivity contribution in [2.45, 2.75) is 37.9 Å². The van der Waals surface area contributed by atoms with Gasteiger partial charge >= 0.3 is 0 Å². The van der Waals surface area contributed by atoms with Crippen molar-refractivity contribution in [2.24, 2.45) is 0 Å². The Bertz CT molecular complexity index is 1490. The summed E-state index contributed by atoms with van der Waals surface area (Å²) in [6, 6.07) is 22.4. The van der Waals surface area contributed by atoms with Crippen molar-refractivity contribution in [3.8, 4) is 11.4 Å². The topological polar surface area (TPSA) is 89.3 Å². The molecule has 1 aliphatic rings. The van der Waals surface area contributed by atoms with Crippen molar-refractivity contribution in [1.29, 1.82) is 0 Å². The van der Waals surface area contributed by atoms with Crippen molar-refractivity contribution in [2.75, 3.05) is 23.8 Å². The van der Waals surface area contributed by atoms with Gasteiger partial charge in [-0.2, -0.15) is 0 Å². The molecule has 1 aromatic heterocycles. The molecule has 0 bridgehead atoms. The maximum Gasteiger partial charge on any atom is 0.251 e. The van der Waals surface area contributed by atoms with E-state index in [9.17, 15) is 9.59 Å². The quantitative estimate of drug-likeness (QED) is 0.182. The zero-order valence-corrected chi connectivity index (χ0v) is 23.8. The van der Waals surface area contributed by atoms with E-state index in [-0.39, 0.29) is 24.1 Å². The van der Waals surface area contributed by atoms with Gasteiger partial charge in [-0.25, -0.2) is 0 Å². The third-order valence-corrected chi connectivity index (χ3v) is 7.72. The van der Waals surface area contributed by atoms with Gasteiger partial charge < -0.3 is 15.0 Å². The molecule has 1 aliphatic heterocycles. The van der Waals surface area contributed by atoms with Crippen LogP contribution in [0.25, 0.3) is 5.69 Å². The number of nitrogens with zero attached hydrogens (tertiary/aromatic N) is 4. The van der Waals surface area contributed by atoms with E-state index < -0.39 is 0 Å². The number of unbranched alkanes of at least 4 members (excludes halogenated alkanes) is 1. The molecule has 0 saturated heterocycles. The second kappa shape index (κ2) is 13.0. The first-order valence-corrected chi connectivity index (χ1v) is 14.6. The molecule has 0 saturated carbocycles. The number of nitrogens with one attached hydrogen (secondary N) is 1. The molecule has 0 spiro atoms. The Hall–Kier alpha value is -3.82. The highest BCUT2D eigenvalue weighted by Crippen LogP contribution is 2.30. The third-order valence-electron chi connectivity index (χ3n) is 6.57. The number of carbonyl (C=O) groups excluding carboxylic acids is 2. The summed E-state index contributed by atoms with van der Waals surface area (Å²) in [7, 11) is 0. The van der Waals surface area contributed by atoms with Crippen molar-refractivity contribution in [3.05, 3.63) is 94.8 Å². The summed E-state index contributed by atoms with van der Waals surface area (Å²) in [6.07, 6.45) is 2.89. The number of ether oxygens (including phenoxy) is 1. The number of aromatic nitrogens is 3. The lowest BCUT2D eigenvalue weighted by molar-refractivity contribution is -0.116. The van der Waals surface area contributed by atoms with Crippen LogP contribution in [0.1, 0.15) is 41.5 Å². The highest BCUT2D eigenvalue weighted by atomic mass is 35.5. The standard InChI is InChI=1S/C30H30ClN5O3S/c1-2-3-17-39-25-13-11-22(12-14-25)29(38)32-19-27-33-34-30(36(27)24-9-6-8-23(31)18-24)40-20-28(37)35-16-15-21-7-4-5-10-26(21)35/h4-14,18H,2-3,15-17,19-20H2,1H3,(H,32,38). The van der Waals surface area contributed by atoms with E-state index >= 15 is 0 Å². The maximum absolute atomic E-state index is 13.1. The molecule has 0 radical (unpaired) electrons.